The third-order valence-corrected chi connectivity index (χ3v) is 2.96. The number of rotatable bonds is 4. The fourth-order valence-electron chi connectivity index (χ4n) is 2.12. The van der Waals surface area contributed by atoms with Crippen LogP contribution in [0.3, 0.4) is 0 Å². The molecule has 0 fully saturated rings. The second-order valence-electron chi connectivity index (χ2n) is 4.15. The quantitative estimate of drug-likeness (QED) is 0.759. The molecule has 1 aromatic rings. The number of anilines is 1. The van der Waals surface area contributed by atoms with Gasteiger partial charge in [0.1, 0.15) is 0 Å². The van der Waals surface area contributed by atoms with Crippen molar-refractivity contribution < 1.29 is 14.7 Å². The van der Waals surface area contributed by atoms with Crippen LogP contribution in [0.25, 0.3) is 0 Å². The van der Waals surface area contributed by atoms with Crippen molar-refractivity contribution in [1.29, 1.82) is 0 Å². The van der Waals surface area contributed by atoms with E-state index in [4.69, 9.17) is 0 Å². The zero-order valence-corrected chi connectivity index (χ0v) is 9.52. The minimum atomic E-state index is -1.10. The molecule has 90 valence electrons. The lowest BCUT2D eigenvalue weighted by Crippen LogP contribution is -2.29. The summed E-state index contributed by atoms with van der Waals surface area (Å²) in [4.78, 5) is 23.9. The van der Waals surface area contributed by atoms with E-state index < -0.39 is 5.97 Å². The predicted molar refractivity (Wildman–Crippen MR) is 61.4 cm³/mol. The summed E-state index contributed by atoms with van der Waals surface area (Å²) in [5.41, 5.74) is 2.15. The van der Waals surface area contributed by atoms with E-state index in [1.165, 1.54) is 5.56 Å². The molecule has 0 saturated heterocycles. The Morgan fingerprint density at radius 2 is 2.00 bits per heavy atom. The van der Waals surface area contributed by atoms with Gasteiger partial charge in [0.2, 0.25) is 5.91 Å². The van der Waals surface area contributed by atoms with Gasteiger partial charge in [-0.1, -0.05) is 18.2 Å². The molecule has 1 aliphatic heterocycles. The smallest absolute Gasteiger partial charge is 0.227 e. The molecule has 4 nitrogen and oxygen atoms in total. The second kappa shape index (κ2) is 4.99. The van der Waals surface area contributed by atoms with Gasteiger partial charge in [0, 0.05) is 24.6 Å². The summed E-state index contributed by atoms with van der Waals surface area (Å²) >= 11 is 0. The zero-order chi connectivity index (χ0) is 12.3. The van der Waals surface area contributed by atoms with Gasteiger partial charge in [0.05, 0.1) is 0 Å². The van der Waals surface area contributed by atoms with E-state index in [-0.39, 0.29) is 18.7 Å². The maximum atomic E-state index is 11.9. The summed E-state index contributed by atoms with van der Waals surface area (Å²) in [6.45, 7) is 0.698. The van der Waals surface area contributed by atoms with Crippen LogP contribution in [0, 0.1) is 0 Å². The van der Waals surface area contributed by atoms with E-state index >= 15 is 0 Å². The number of carboxylic acids is 1. The van der Waals surface area contributed by atoms with Gasteiger partial charge in [-0.25, -0.2) is 0 Å². The predicted octanol–water partition coefficient (Wildman–Crippen LogP) is 0.496. The van der Waals surface area contributed by atoms with Crippen LogP contribution in [0.2, 0.25) is 0 Å². The summed E-state index contributed by atoms with van der Waals surface area (Å²) in [6, 6.07) is 7.82. The fraction of sp³-hybridized carbons (Fsp3) is 0.385. The summed E-state index contributed by atoms with van der Waals surface area (Å²) in [6.07, 6.45) is 1.44. The van der Waals surface area contributed by atoms with E-state index in [9.17, 15) is 14.7 Å². The molecule has 0 spiro atoms. The van der Waals surface area contributed by atoms with Crippen LogP contribution in [0.5, 0.6) is 0 Å². The van der Waals surface area contributed by atoms with E-state index in [0.29, 0.717) is 13.0 Å². The van der Waals surface area contributed by atoms with E-state index in [2.05, 4.69) is 0 Å². The zero-order valence-electron chi connectivity index (χ0n) is 9.52. The van der Waals surface area contributed by atoms with Crippen molar-refractivity contribution in [2.24, 2.45) is 0 Å². The van der Waals surface area contributed by atoms with Gasteiger partial charge in [-0.3, -0.25) is 4.79 Å². The van der Waals surface area contributed by atoms with E-state index in [1.807, 2.05) is 24.3 Å². The number of nitrogens with zero attached hydrogens (tertiary/aromatic N) is 1. The lowest BCUT2D eigenvalue weighted by atomic mass is 10.2. The molecule has 1 aromatic carbocycles. The highest BCUT2D eigenvalue weighted by Crippen LogP contribution is 2.28. The van der Waals surface area contributed by atoms with Crippen LogP contribution in [0.1, 0.15) is 24.8 Å². The third kappa shape index (κ3) is 2.64. The van der Waals surface area contributed by atoms with Crippen molar-refractivity contribution in [3.63, 3.8) is 0 Å². The molecule has 0 radical (unpaired) electrons. The van der Waals surface area contributed by atoms with Gasteiger partial charge in [-0.2, -0.15) is 0 Å². The maximum absolute atomic E-state index is 11.9. The minimum Gasteiger partial charge on any atom is -0.550 e. The molecule has 0 aliphatic carbocycles. The van der Waals surface area contributed by atoms with Crippen molar-refractivity contribution >= 4 is 17.6 Å². The Kier molecular flexibility index (Phi) is 3.42. The molecule has 1 amide bonds. The Morgan fingerprint density at radius 3 is 2.76 bits per heavy atom. The molecule has 0 atom stereocenters. The van der Waals surface area contributed by atoms with Gasteiger partial charge in [0.25, 0.3) is 0 Å². The number of fused-ring (bicyclic) bond motifs is 1. The number of hydrogen-bond acceptors (Lipinski definition) is 3. The topological polar surface area (TPSA) is 60.4 Å². The average Bonchev–Trinajstić information content (AvgIpc) is 2.72. The van der Waals surface area contributed by atoms with Crippen LogP contribution in [0.15, 0.2) is 24.3 Å². The number of carbonyl (C=O) groups is 2. The van der Waals surface area contributed by atoms with Gasteiger partial charge >= 0.3 is 0 Å². The van der Waals surface area contributed by atoms with Crippen LogP contribution >= 0.6 is 0 Å². The summed E-state index contributed by atoms with van der Waals surface area (Å²) in [7, 11) is 0. The highest BCUT2D eigenvalue weighted by atomic mass is 16.4. The highest BCUT2D eigenvalue weighted by molar-refractivity contribution is 5.95. The first-order chi connectivity index (χ1) is 8.18. The Hall–Kier alpha value is -1.84. The number of amides is 1. The van der Waals surface area contributed by atoms with Crippen molar-refractivity contribution in [2.45, 2.75) is 25.7 Å². The molecule has 0 saturated carbocycles. The monoisotopic (exact) mass is 232 g/mol. The number of aliphatic carboxylic acids is 1. The Bertz CT molecular complexity index is 442. The number of hydrogen-bond donors (Lipinski definition) is 0. The molecule has 0 bridgehead atoms. The Balaban J connectivity index is 1.96. The second-order valence-corrected chi connectivity index (χ2v) is 4.15. The number of carbonyl (C=O) groups excluding carboxylic acids is 2. The summed E-state index contributed by atoms with van der Waals surface area (Å²) in [5, 5.41) is 10.3. The normalized spacial score (nSPS) is 13.5. The molecular weight excluding hydrogens is 218 g/mol. The number of para-hydroxylation sites is 1. The van der Waals surface area contributed by atoms with Gasteiger partial charge in [-0.15, -0.1) is 0 Å². The first kappa shape index (κ1) is 11.6. The molecular formula is C13H14NO3-. The molecule has 17 heavy (non-hydrogen) atoms. The molecule has 0 unspecified atom stereocenters. The molecule has 1 aliphatic rings. The molecule has 0 N–H and O–H groups in total. The summed E-state index contributed by atoms with van der Waals surface area (Å²) in [5.74, 6) is -1.10. The first-order valence-corrected chi connectivity index (χ1v) is 5.76. The van der Waals surface area contributed by atoms with Gasteiger partial charge in [0.15, 0.2) is 0 Å². The first-order valence-electron chi connectivity index (χ1n) is 5.76. The van der Waals surface area contributed by atoms with Crippen LogP contribution in [-0.4, -0.2) is 18.4 Å². The van der Waals surface area contributed by atoms with Crippen molar-refractivity contribution in [3.8, 4) is 0 Å². The Labute approximate surface area is 99.9 Å². The standard InChI is InChI=1S/C13H15NO3/c15-12(6-3-7-13(16)17)14-9-8-10-4-1-2-5-11(10)14/h1-2,4-5H,3,6-9H2,(H,16,17)/p-1. The third-order valence-electron chi connectivity index (χ3n) is 2.96. The van der Waals surface area contributed by atoms with Crippen molar-refractivity contribution in [2.75, 3.05) is 11.4 Å². The maximum Gasteiger partial charge on any atom is 0.227 e. The number of carboxylic acid groups (broad SMARTS) is 1. The van der Waals surface area contributed by atoms with Crippen molar-refractivity contribution in [1.82, 2.24) is 0 Å². The summed E-state index contributed by atoms with van der Waals surface area (Å²) < 4.78 is 0. The van der Waals surface area contributed by atoms with Crippen LogP contribution in [-0.2, 0) is 16.0 Å². The lowest BCUT2D eigenvalue weighted by Gasteiger charge is -2.17. The SMILES string of the molecule is O=C([O-])CCCC(=O)N1CCc2ccccc21. The fourth-order valence-corrected chi connectivity index (χ4v) is 2.12. The van der Waals surface area contributed by atoms with E-state index in [0.717, 1.165) is 12.1 Å². The number of benzene rings is 1. The molecule has 2 rings (SSSR count). The van der Waals surface area contributed by atoms with Gasteiger partial charge in [-0.05, 0) is 30.9 Å². The molecule has 4 heteroatoms. The average molecular weight is 232 g/mol. The van der Waals surface area contributed by atoms with Crippen molar-refractivity contribution in [3.05, 3.63) is 29.8 Å². The molecule has 1 heterocycles. The highest BCUT2D eigenvalue weighted by Gasteiger charge is 2.23. The van der Waals surface area contributed by atoms with Crippen LogP contribution in [0.4, 0.5) is 5.69 Å². The van der Waals surface area contributed by atoms with Gasteiger partial charge < -0.3 is 14.8 Å². The Morgan fingerprint density at radius 1 is 1.24 bits per heavy atom. The van der Waals surface area contributed by atoms with Crippen LogP contribution < -0.4 is 10.0 Å². The van der Waals surface area contributed by atoms with E-state index in [1.54, 1.807) is 4.90 Å². The largest absolute Gasteiger partial charge is 0.550 e. The minimum absolute atomic E-state index is 0.00352. The lowest BCUT2D eigenvalue weighted by molar-refractivity contribution is -0.305. The molecule has 0 aromatic heterocycles.